The molecule has 4 rings (SSSR count). The van der Waals surface area contributed by atoms with Gasteiger partial charge in [-0.2, -0.15) is 13.2 Å². The molecule has 0 saturated carbocycles. The van der Waals surface area contributed by atoms with Crippen molar-refractivity contribution in [3.63, 3.8) is 0 Å². The summed E-state index contributed by atoms with van der Waals surface area (Å²) >= 11 is 1.16. The number of aromatic nitrogens is 4. The lowest BCUT2D eigenvalue weighted by Gasteiger charge is -2.15. The number of carbonyl (C=O) groups is 1. The Balaban J connectivity index is 1.59. The molecule has 0 spiro atoms. The van der Waals surface area contributed by atoms with Gasteiger partial charge in [0.1, 0.15) is 0 Å². The van der Waals surface area contributed by atoms with Gasteiger partial charge in [-0.25, -0.2) is 0 Å². The highest BCUT2D eigenvalue weighted by atomic mass is 32.2. The van der Waals surface area contributed by atoms with Crippen LogP contribution in [0.5, 0.6) is 0 Å². The number of thioether (sulfide) groups is 1. The number of carbonyl (C=O) groups excluding carboxylic acids is 1. The second-order valence-electron chi connectivity index (χ2n) is 7.04. The number of hydrogen-bond acceptors (Lipinski definition) is 5. The van der Waals surface area contributed by atoms with Gasteiger partial charge < -0.3 is 5.32 Å². The fourth-order valence-corrected chi connectivity index (χ4v) is 3.94. The van der Waals surface area contributed by atoms with Crippen molar-refractivity contribution in [1.29, 1.82) is 0 Å². The first-order valence-electron chi connectivity index (χ1n) is 9.89. The number of benzene rings is 2. The minimum atomic E-state index is -4.49. The number of nitrogens with zero attached hydrogens (tertiary/aromatic N) is 4. The number of hydrogen-bond donors (Lipinski definition) is 1. The van der Waals surface area contributed by atoms with Crippen LogP contribution in [0.2, 0.25) is 0 Å². The summed E-state index contributed by atoms with van der Waals surface area (Å²) in [7, 11) is 0. The molecule has 1 atom stereocenters. The van der Waals surface area contributed by atoms with Crippen LogP contribution in [0.1, 0.15) is 12.5 Å². The van der Waals surface area contributed by atoms with Crippen molar-refractivity contribution in [2.24, 2.45) is 0 Å². The molecule has 6 nitrogen and oxygen atoms in total. The van der Waals surface area contributed by atoms with Gasteiger partial charge in [-0.15, -0.1) is 10.2 Å². The summed E-state index contributed by atoms with van der Waals surface area (Å²) in [5.41, 5.74) is 0.854. The van der Waals surface area contributed by atoms with E-state index in [2.05, 4.69) is 20.5 Å². The average molecular weight is 469 g/mol. The Hall–Kier alpha value is -3.66. The Morgan fingerprint density at radius 2 is 1.73 bits per heavy atom. The van der Waals surface area contributed by atoms with E-state index >= 15 is 0 Å². The number of halogens is 3. The SMILES string of the molecule is C[C@H](Sc1nnc(-c2ccncc2)n1-c1ccccc1)C(=O)Nc1cccc(C(F)(F)F)c1. The predicted molar refractivity (Wildman–Crippen MR) is 120 cm³/mol. The monoisotopic (exact) mass is 469 g/mol. The van der Waals surface area contributed by atoms with Crippen LogP contribution < -0.4 is 5.32 Å². The summed E-state index contributed by atoms with van der Waals surface area (Å²) < 4.78 is 40.7. The molecule has 4 aromatic rings. The molecule has 1 amide bonds. The number of anilines is 1. The van der Waals surface area contributed by atoms with Crippen molar-refractivity contribution < 1.29 is 18.0 Å². The Morgan fingerprint density at radius 1 is 1.00 bits per heavy atom. The van der Waals surface area contributed by atoms with E-state index in [1.165, 1.54) is 12.1 Å². The maximum Gasteiger partial charge on any atom is 0.416 e. The molecule has 0 aliphatic rings. The molecule has 0 fully saturated rings. The number of para-hydroxylation sites is 1. The average Bonchev–Trinajstić information content (AvgIpc) is 3.23. The molecule has 10 heteroatoms. The zero-order valence-corrected chi connectivity index (χ0v) is 18.1. The number of alkyl halides is 3. The number of amides is 1. The van der Waals surface area contributed by atoms with Gasteiger partial charge in [0.2, 0.25) is 5.91 Å². The standard InChI is InChI=1S/C23H18F3N5OS/c1-15(21(32)28-18-7-5-6-17(14-18)23(24,25)26)33-22-30-29-20(16-10-12-27-13-11-16)31(22)19-8-3-2-4-9-19/h2-15H,1H3,(H,28,32)/t15-/m0/s1. The number of rotatable bonds is 6. The van der Waals surface area contributed by atoms with Crippen LogP contribution in [0, 0.1) is 0 Å². The zero-order chi connectivity index (χ0) is 23.4. The predicted octanol–water partition coefficient (Wildman–Crippen LogP) is 5.47. The Morgan fingerprint density at radius 3 is 2.42 bits per heavy atom. The molecule has 0 aliphatic carbocycles. The first-order chi connectivity index (χ1) is 15.8. The molecule has 0 bridgehead atoms. The topological polar surface area (TPSA) is 72.7 Å². The summed E-state index contributed by atoms with van der Waals surface area (Å²) in [6.45, 7) is 1.66. The highest BCUT2D eigenvalue weighted by Gasteiger charge is 2.30. The lowest BCUT2D eigenvalue weighted by atomic mass is 10.2. The Labute approximate surface area is 191 Å². The third-order valence-electron chi connectivity index (χ3n) is 4.70. The van der Waals surface area contributed by atoms with Crippen LogP contribution in [0.25, 0.3) is 17.1 Å². The Bertz CT molecular complexity index is 1250. The van der Waals surface area contributed by atoms with Crippen LogP contribution in [-0.4, -0.2) is 30.9 Å². The Kier molecular flexibility index (Phi) is 6.45. The van der Waals surface area contributed by atoms with Gasteiger partial charge in [-0.3, -0.25) is 14.3 Å². The maximum atomic E-state index is 13.0. The maximum absolute atomic E-state index is 13.0. The van der Waals surface area contributed by atoms with Gasteiger partial charge in [-0.05, 0) is 49.4 Å². The molecule has 0 aliphatic heterocycles. The highest BCUT2D eigenvalue weighted by molar-refractivity contribution is 8.00. The fourth-order valence-electron chi connectivity index (χ4n) is 3.07. The smallest absolute Gasteiger partial charge is 0.325 e. The molecule has 0 saturated heterocycles. The molecule has 2 heterocycles. The molecule has 2 aromatic carbocycles. The van der Waals surface area contributed by atoms with Crippen LogP contribution in [0.15, 0.2) is 84.3 Å². The van der Waals surface area contributed by atoms with Gasteiger partial charge in [0.15, 0.2) is 11.0 Å². The normalized spacial score (nSPS) is 12.4. The van der Waals surface area contributed by atoms with Gasteiger partial charge in [0.05, 0.1) is 10.8 Å². The van der Waals surface area contributed by atoms with E-state index in [9.17, 15) is 18.0 Å². The van der Waals surface area contributed by atoms with E-state index in [1.54, 1.807) is 19.3 Å². The summed E-state index contributed by atoms with van der Waals surface area (Å²) in [4.78, 5) is 16.8. The molecular formula is C23H18F3N5OS. The van der Waals surface area contributed by atoms with E-state index in [4.69, 9.17) is 0 Å². The van der Waals surface area contributed by atoms with Crippen LogP contribution >= 0.6 is 11.8 Å². The largest absolute Gasteiger partial charge is 0.416 e. The summed E-state index contributed by atoms with van der Waals surface area (Å²) in [5.74, 6) is 0.129. The van der Waals surface area contributed by atoms with Gasteiger partial charge in [0.25, 0.3) is 0 Å². The molecule has 33 heavy (non-hydrogen) atoms. The van der Waals surface area contributed by atoms with Gasteiger partial charge in [0, 0.05) is 29.3 Å². The second-order valence-corrected chi connectivity index (χ2v) is 8.35. The minimum Gasteiger partial charge on any atom is -0.325 e. The summed E-state index contributed by atoms with van der Waals surface area (Å²) in [5, 5.41) is 10.9. The van der Waals surface area contributed by atoms with Crippen LogP contribution in [0.3, 0.4) is 0 Å². The molecule has 168 valence electrons. The molecular weight excluding hydrogens is 451 g/mol. The first kappa shape index (κ1) is 22.5. The quantitative estimate of drug-likeness (QED) is 0.379. The minimum absolute atomic E-state index is 0.0734. The van der Waals surface area contributed by atoms with E-state index in [0.29, 0.717) is 11.0 Å². The summed E-state index contributed by atoms with van der Waals surface area (Å²) in [6.07, 6.45) is -1.19. The number of nitrogens with one attached hydrogen (secondary N) is 1. The van der Waals surface area contributed by atoms with E-state index in [-0.39, 0.29) is 5.69 Å². The third-order valence-corrected chi connectivity index (χ3v) is 5.74. The molecule has 1 N–H and O–H groups in total. The second kappa shape index (κ2) is 9.45. The third kappa shape index (κ3) is 5.23. The van der Waals surface area contributed by atoms with Crippen molar-refractivity contribution >= 4 is 23.4 Å². The lowest BCUT2D eigenvalue weighted by molar-refractivity contribution is -0.137. The van der Waals surface area contributed by atoms with Crippen molar-refractivity contribution in [3.05, 3.63) is 84.7 Å². The van der Waals surface area contributed by atoms with E-state index in [1.807, 2.05) is 47.0 Å². The van der Waals surface area contributed by atoms with E-state index in [0.717, 1.165) is 35.1 Å². The first-order valence-corrected chi connectivity index (χ1v) is 10.8. The van der Waals surface area contributed by atoms with Gasteiger partial charge in [-0.1, -0.05) is 36.0 Å². The van der Waals surface area contributed by atoms with Crippen molar-refractivity contribution in [3.8, 4) is 17.1 Å². The zero-order valence-electron chi connectivity index (χ0n) is 17.3. The summed E-state index contributed by atoms with van der Waals surface area (Å²) in [6, 6.07) is 17.6. The number of pyridine rings is 1. The van der Waals surface area contributed by atoms with Gasteiger partial charge >= 0.3 is 6.18 Å². The molecule has 0 radical (unpaired) electrons. The van der Waals surface area contributed by atoms with Crippen molar-refractivity contribution in [2.75, 3.05) is 5.32 Å². The van der Waals surface area contributed by atoms with Crippen molar-refractivity contribution in [1.82, 2.24) is 19.7 Å². The molecule has 2 aromatic heterocycles. The fraction of sp³-hybridized carbons (Fsp3) is 0.130. The van der Waals surface area contributed by atoms with Crippen molar-refractivity contribution in [2.45, 2.75) is 23.5 Å². The van der Waals surface area contributed by atoms with Crippen LogP contribution in [0.4, 0.5) is 18.9 Å². The van der Waals surface area contributed by atoms with E-state index < -0.39 is 22.9 Å². The molecule has 0 unspecified atom stereocenters. The van der Waals surface area contributed by atoms with Crippen LogP contribution in [-0.2, 0) is 11.0 Å². The highest BCUT2D eigenvalue weighted by Crippen LogP contribution is 2.32. The lowest BCUT2D eigenvalue weighted by Crippen LogP contribution is -2.23.